The van der Waals surface area contributed by atoms with Gasteiger partial charge in [-0.15, -0.1) is 0 Å². The van der Waals surface area contributed by atoms with E-state index in [-0.39, 0.29) is 24.6 Å². The Morgan fingerprint density at radius 1 is 0.962 bits per heavy atom. The topological polar surface area (TPSA) is 52.6 Å². The minimum atomic E-state index is -0.102. The van der Waals surface area contributed by atoms with Crippen molar-refractivity contribution < 1.29 is 9.90 Å². The fraction of sp³-hybridized carbons (Fsp3) is 0.955. The number of carbonyl (C=O) groups excluding carboxylic acids is 1. The van der Waals surface area contributed by atoms with Crippen molar-refractivity contribution in [2.45, 2.75) is 110 Å². The highest BCUT2D eigenvalue weighted by Gasteiger charge is 2.35. The Labute approximate surface area is 162 Å². The zero-order chi connectivity index (χ0) is 19.2. The summed E-state index contributed by atoms with van der Waals surface area (Å²) in [6, 6.07) is -0.139. The summed E-state index contributed by atoms with van der Waals surface area (Å²) in [5.74, 6) is 0.399. The fourth-order valence-corrected chi connectivity index (χ4v) is 4.11. The van der Waals surface area contributed by atoms with E-state index in [1.807, 2.05) is 0 Å². The van der Waals surface area contributed by atoms with Crippen LogP contribution in [0.1, 0.15) is 97.8 Å². The van der Waals surface area contributed by atoms with Crippen molar-refractivity contribution in [3.63, 3.8) is 0 Å². The molecule has 1 aliphatic rings. The average Bonchev–Trinajstić information content (AvgIpc) is 2.61. The molecule has 1 amide bonds. The molecule has 1 fully saturated rings. The summed E-state index contributed by atoms with van der Waals surface area (Å²) in [5, 5.41) is 12.3. The molecule has 0 bridgehead atoms. The molecule has 1 aliphatic heterocycles. The first-order valence-electron chi connectivity index (χ1n) is 11.2. The lowest BCUT2D eigenvalue weighted by Crippen LogP contribution is -2.62. The molecule has 1 heterocycles. The van der Waals surface area contributed by atoms with Crippen LogP contribution in [0.2, 0.25) is 0 Å². The van der Waals surface area contributed by atoms with Gasteiger partial charge in [0, 0.05) is 6.54 Å². The molecule has 1 saturated heterocycles. The fourth-order valence-electron chi connectivity index (χ4n) is 4.11. The average molecular weight is 369 g/mol. The van der Waals surface area contributed by atoms with E-state index in [1.165, 1.54) is 70.6 Å². The normalized spacial score (nSPS) is 21.3. The zero-order valence-corrected chi connectivity index (χ0v) is 17.6. The van der Waals surface area contributed by atoms with Crippen LogP contribution in [0.25, 0.3) is 0 Å². The highest BCUT2D eigenvalue weighted by molar-refractivity contribution is 5.83. The Balaban J connectivity index is 2.07. The van der Waals surface area contributed by atoms with Crippen molar-refractivity contribution in [2.24, 2.45) is 5.92 Å². The second-order valence-corrected chi connectivity index (χ2v) is 8.46. The number of amides is 1. The largest absolute Gasteiger partial charge is 0.394 e. The maximum absolute atomic E-state index is 12.3. The summed E-state index contributed by atoms with van der Waals surface area (Å²) in [6.45, 7) is 8.28. The first-order valence-corrected chi connectivity index (χ1v) is 11.2. The summed E-state index contributed by atoms with van der Waals surface area (Å²) in [5.41, 5.74) is 0. The Kier molecular flexibility index (Phi) is 13.0. The molecule has 26 heavy (non-hydrogen) atoms. The summed E-state index contributed by atoms with van der Waals surface area (Å²) in [7, 11) is 0. The molecule has 0 aromatic carbocycles. The van der Waals surface area contributed by atoms with Crippen LogP contribution in [0.5, 0.6) is 0 Å². The molecular weight excluding hydrogens is 324 g/mol. The third-order valence-corrected chi connectivity index (χ3v) is 5.61. The Bertz CT molecular complexity index is 360. The molecule has 154 valence electrons. The van der Waals surface area contributed by atoms with Crippen molar-refractivity contribution in [1.82, 2.24) is 10.2 Å². The van der Waals surface area contributed by atoms with E-state index >= 15 is 0 Å². The van der Waals surface area contributed by atoms with Gasteiger partial charge in [0.25, 0.3) is 0 Å². The number of aliphatic hydroxyl groups excluding tert-OH is 1. The number of unbranched alkanes of at least 4 members (excludes halogenated alkanes) is 11. The minimum Gasteiger partial charge on any atom is -0.394 e. The molecule has 2 atom stereocenters. The van der Waals surface area contributed by atoms with Crippen molar-refractivity contribution >= 4 is 5.91 Å². The Hall–Kier alpha value is -0.610. The lowest BCUT2D eigenvalue weighted by Gasteiger charge is -2.40. The summed E-state index contributed by atoms with van der Waals surface area (Å²) < 4.78 is 0. The number of aliphatic hydroxyl groups is 1. The lowest BCUT2D eigenvalue weighted by atomic mass is 9.97. The van der Waals surface area contributed by atoms with Gasteiger partial charge < -0.3 is 10.4 Å². The van der Waals surface area contributed by atoms with E-state index < -0.39 is 0 Å². The number of hydrogen-bond donors (Lipinski definition) is 2. The van der Waals surface area contributed by atoms with E-state index in [9.17, 15) is 9.90 Å². The number of nitrogens with one attached hydrogen (secondary N) is 1. The maximum atomic E-state index is 12.3. The standard InChI is InChI=1S/C22H44N2O2/c1-4-5-6-7-8-9-10-11-12-13-14-15-16-24-17-20(18-25)23-22(26)21(24)19(2)3/h19-21,25H,4-18H2,1-3H3,(H,23,26)/t20-,21-/m0/s1. The minimum absolute atomic E-state index is 0.0332. The van der Waals surface area contributed by atoms with Crippen LogP contribution in [0, 0.1) is 5.92 Å². The van der Waals surface area contributed by atoms with E-state index in [1.54, 1.807) is 0 Å². The molecule has 0 aliphatic carbocycles. The number of piperazine rings is 1. The van der Waals surface area contributed by atoms with Gasteiger partial charge in [-0.25, -0.2) is 0 Å². The van der Waals surface area contributed by atoms with Crippen LogP contribution >= 0.6 is 0 Å². The monoisotopic (exact) mass is 368 g/mol. The molecule has 0 unspecified atom stereocenters. The van der Waals surface area contributed by atoms with Crippen LogP contribution in [-0.2, 0) is 4.79 Å². The highest BCUT2D eigenvalue weighted by Crippen LogP contribution is 2.18. The van der Waals surface area contributed by atoms with Crippen LogP contribution < -0.4 is 5.32 Å². The molecule has 0 saturated carbocycles. The molecule has 0 radical (unpaired) electrons. The zero-order valence-electron chi connectivity index (χ0n) is 17.6. The van der Waals surface area contributed by atoms with Gasteiger partial charge >= 0.3 is 0 Å². The van der Waals surface area contributed by atoms with E-state index in [0.717, 1.165) is 19.5 Å². The quantitative estimate of drug-likeness (QED) is 0.418. The van der Waals surface area contributed by atoms with Gasteiger partial charge in [-0.3, -0.25) is 9.69 Å². The third-order valence-electron chi connectivity index (χ3n) is 5.61. The Morgan fingerprint density at radius 2 is 1.46 bits per heavy atom. The molecule has 0 aromatic rings. The highest BCUT2D eigenvalue weighted by atomic mass is 16.3. The summed E-state index contributed by atoms with van der Waals surface area (Å²) in [4.78, 5) is 14.6. The SMILES string of the molecule is CCCCCCCCCCCCCCN1C[C@@H](CO)NC(=O)[C@@H]1C(C)C. The predicted molar refractivity (Wildman–Crippen MR) is 110 cm³/mol. The van der Waals surface area contributed by atoms with Crippen LogP contribution in [0.15, 0.2) is 0 Å². The van der Waals surface area contributed by atoms with Crippen LogP contribution in [-0.4, -0.2) is 47.7 Å². The first kappa shape index (κ1) is 23.4. The van der Waals surface area contributed by atoms with Gasteiger partial charge in [0.2, 0.25) is 5.91 Å². The Morgan fingerprint density at radius 3 is 1.92 bits per heavy atom. The molecular formula is C22H44N2O2. The summed E-state index contributed by atoms with van der Waals surface area (Å²) >= 11 is 0. The van der Waals surface area contributed by atoms with Gasteiger partial charge in [-0.05, 0) is 18.9 Å². The molecule has 1 rings (SSSR count). The van der Waals surface area contributed by atoms with Crippen molar-refractivity contribution in [3.8, 4) is 0 Å². The van der Waals surface area contributed by atoms with Gasteiger partial charge in [0.05, 0.1) is 18.7 Å². The summed E-state index contributed by atoms with van der Waals surface area (Å²) in [6.07, 6.45) is 16.2. The van der Waals surface area contributed by atoms with E-state index in [0.29, 0.717) is 5.92 Å². The van der Waals surface area contributed by atoms with Gasteiger partial charge in [-0.1, -0.05) is 91.4 Å². The number of rotatable bonds is 15. The van der Waals surface area contributed by atoms with Crippen molar-refractivity contribution in [2.75, 3.05) is 19.7 Å². The second kappa shape index (κ2) is 14.4. The van der Waals surface area contributed by atoms with Gasteiger partial charge in [-0.2, -0.15) is 0 Å². The van der Waals surface area contributed by atoms with Crippen LogP contribution in [0.3, 0.4) is 0 Å². The molecule has 0 aromatic heterocycles. The third kappa shape index (κ3) is 9.36. The lowest BCUT2D eigenvalue weighted by molar-refractivity contribution is -0.133. The van der Waals surface area contributed by atoms with Gasteiger partial charge in [0.15, 0.2) is 0 Å². The predicted octanol–water partition coefficient (Wildman–Crippen LogP) is 4.50. The van der Waals surface area contributed by atoms with E-state index in [4.69, 9.17) is 0 Å². The van der Waals surface area contributed by atoms with Crippen molar-refractivity contribution in [1.29, 1.82) is 0 Å². The van der Waals surface area contributed by atoms with Crippen LogP contribution in [0.4, 0.5) is 0 Å². The van der Waals surface area contributed by atoms with Gasteiger partial charge in [0.1, 0.15) is 0 Å². The number of nitrogens with zero attached hydrogens (tertiary/aromatic N) is 1. The molecule has 0 spiro atoms. The number of hydrogen-bond acceptors (Lipinski definition) is 3. The van der Waals surface area contributed by atoms with E-state index in [2.05, 4.69) is 31.0 Å². The number of carbonyl (C=O) groups is 1. The molecule has 4 nitrogen and oxygen atoms in total. The second-order valence-electron chi connectivity index (χ2n) is 8.46. The molecule has 4 heteroatoms. The first-order chi connectivity index (χ1) is 12.6. The maximum Gasteiger partial charge on any atom is 0.237 e. The smallest absolute Gasteiger partial charge is 0.237 e. The van der Waals surface area contributed by atoms with Crippen molar-refractivity contribution in [3.05, 3.63) is 0 Å². The molecule has 2 N–H and O–H groups in total.